The van der Waals surface area contributed by atoms with E-state index in [-0.39, 0.29) is 6.29 Å². The Morgan fingerprint density at radius 2 is 1.57 bits per heavy atom. The second-order valence-electron chi connectivity index (χ2n) is 10.1. The largest absolute Gasteiger partial charge is 0.508 e. The summed E-state index contributed by atoms with van der Waals surface area (Å²) in [5.74, 6) is 1.74. The SMILES string of the molecule is COC(CC1CCN(c2ccc(C3c4ccc(O)cc4CC[C@@H]3c3ccccc3)cc2)CC1)OC. The maximum absolute atomic E-state index is 10.1. The van der Waals surface area contributed by atoms with E-state index >= 15 is 0 Å². The van der Waals surface area contributed by atoms with E-state index in [1.165, 1.54) is 40.8 Å². The molecule has 1 N–H and O–H groups in total. The third-order valence-electron chi connectivity index (χ3n) is 8.10. The van der Waals surface area contributed by atoms with Gasteiger partial charge in [-0.1, -0.05) is 48.5 Å². The van der Waals surface area contributed by atoms with Crippen LogP contribution in [0.2, 0.25) is 0 Å². The van der Waals surface area contributed by atoms with Gasteiger partial charge in [0.1, 0.15) is 5.75 Å². The second kappa shape index (κ2) is 10.8. The molecule has 2 atom stereocenters. The molecule has 0 amide bonds. The van der Waals surface area contributed by atoms with Gasteiger partial charge in [0.05, 0.1) is 0 Å². The molecule has 1 fully saturated rings. The quantitative estimate of drug-likeness (QED) is 0.401. The third-order valence-corrected chi connectivity index (χ3v) is 8.10. The average molecular weight is 472 g/mol. The first-order valence-electron chi connectivity index (χ1n) is 12.9. The van der Waals surface area contributed by atoms with E-state index in [9.17, 15) is 5.11 Å². The molecule has 0 radical (unpaired) electrons. The number of hydrogen-bond donors (Lipinski definition) is 1. The summed E-state index contributed by atoms with van der Waals surface area (Å²) in [6, 6.07) is 26.1. The molecular formula is C31H37NO3. The minimum atomic E-state index is -0.0938. The van der Waals surface area contributed by atoms with Crippen LogP contribution in [-0.4, -0.2) is 38.7 Å². The Labute approximate surface area is 209 Å². The number of nitrogens with zero attached hydrogens (tertiary/aromatic N) is 1. The maximum Gasteiger partial charge on any atom is 0.157 e. The number of benzene rings is 3. The van der Waals surface area contributed by atoms with E-state index in [1.807, 2.05) is 12.1 Å². The van der Waals surface area contributed by atoms with E-state index < -0.39 is 0 Å². The van der Waals surface area contributed by atoms with E-state index in [1.54, 1.807) is 14.2 Å². The lowest BCUT2D eigenvalue weighted by Crippen LogP contribution is -2.35. The molecular weight excluding hydrogens is 434 g/mol. The molecule has 35 heavy (non-hydrogen) atoms. The van der Waals surface area contributed by atoms with Gasteiger partial charge < -0.3 is 19.5 Å². The molecule has 2 aliphatic rings. The Morgan fingerprint density at radius 3 is 2.26 bits per heavy atom. The molecule has 1 unspecified atom stereocenters. The highest BCUT2D eigenvalue weighted by Crippen LogP contribution is 2.47. The van der Waals surface area contributed by atoms with Crippen LogP contribution < -0.4 is 4.90 Å². The van der Waals surface area contributed by atoms with E-state index in [0.29, 0.717) is 23.5 Å². The fourth-order valence-electron chi connectivity index (χ4n) is 6.16. The summed E-state index contributed by atoms with van der Waals surface area (Å²) < 4.78 is 10.8. The molecule has 3 aromatic carbocycles. The van der Waals surface area contributed by atoms with E-state index in [2.05, 4.69) is 65.6 Å². The highest BCUT2D eigenvalue weighted by atomic mass is 16.7. The van der Waals surface area contributed by atoms with Crippen LogP contribution in [0.15, 0.2) is 72.8 Å². The molecule has 4 nitrogen and oxygen atoms in total. The average Bonchev–Trinajstić information content (AvgIpc) is 2.92. The van der Waals surface area contributed by atoms with Crippen LogP contribution in [0.25, 0.3) is 0 Å². The summed E-state index contributed by atoms with van der Waals surface area (Å²) in [6.45, 7) is 2.14. The number of anilines is 1. The monoisotopic (exact) mass is 471 g/mol. The summed E-state index contributed by atoms with van der Waals surface area (Å²) >= 11 is 0. The number of hydrogen-bond acceptors (Lipinski definition) is 4. The molecule has 1 saturated heterocycles. The van der Waals surface area contributed by atoms with Crippen molar-refractivity contribution in [2.24, 2.45) is 5.92 Å². The Hall–Kier alpha value is -2.82. The summed E-state index contributed by atoms with van der Waals surface area (Å²) in [4.78, 5) is 2.51. The van der Waals surface area contributed by atoms with Gasteiger partial charge in [0.15, 0.2) is 6.29 Å². The number of aromatic hydroxyl groups is 1. The number of aryl methyl sites for hydroxylation is 1. The molecule has 5 rings (SSSR count). The van der Waals surface area contributed by atoms with Gasteiger partial charge in [-0.3, -0.25) is 0 Å². The number of ether oxygens (including phenoxy) is 2. The van der Waals surface area contributed by atoms with Crippen LogP contribution in [0, 0.1) is 5.92 Å². The fraction of sp³-hybridized carbons (Fsp3) is 0.419. The standard InChI is InChI=1S/C31H37NO3/c1-34-30(35-2)20-22-16-18-32(19-17-22)26-11-8-24(9-12-26)31-28(23-6-4-3-5-7-23)14-10-25-21-27(33)13-15-29(25)31/h3-9,11-13,15,21-22,28,30-31,33H,10,14,16-20H2,1-2H3/t28-,31?/m1/s1. The van der Waals surface area contributed by atoms with Crippen molar-refractivity contribution in [3.05, 3.63) is 95.1 Å². The van der Waals surface area contributed by atoms with Gasteiger partial charge in [-0.25, -0.2) is 0 Å². The van der Waals surface area contributed by atoms with Gasteiger partial charge in [0.25, 0.3) is 0 Å². The first kappa shape index (κ1) is 23.9. The maximum atomic E-state index is 10.1. The first-order valence-corrected chi connectivity index (χ1v) is 12.9. The van der Waals surface area contributed by atoms with Crippen LogP contribution >= 0.6 is 0 Å². The molecule has 0 bridgehead atoms. The molecule has 1 aliphatic carbocycles. The smallest absolute Gasteiger partial charge is 0.157 e. The van der Waals surface area contributed by atoms with Crippen molar-refractivity contribution in [2.45, 2.75) is 50.2 Å². The van der Waals surface area contributed by atoms with Crippen molar-refractivity contribution in [3.8, 4) is 5.75 Å². The van der Waals surface area contributed by atoms with Crippen molar-refractivity contribution in [3.63, 3.8) is 0 Å². The number of rotatable bonds is 7. The van der Waals surface area contributed by atoms with Gasteiger partial charge in [0, 0.05) is 45.3 Å². The number of fused-ring (bicyclic) bond motifs is 1. The lowest BCUT2D eigenvalue weighted by Gasteiger charge is -2.36. The minimum absolute atomic E-state index is 0.0938. The zero-order valence-electron chi connectivity index (χ0n) is 20.9. The van der Waals surface area contributed by atoms with Crippen LogP contribution in [0.4, 0.5) is 5.69 Å². The second-order valence-corrected chi connectivity index (χ2v) is 10.1. The lowest BCUT2D eigenvalue weighted by molar-refractivity contribution is -0.115. The number of methoxy groups -OCH3 is 2. The highest BCUT2D eigenvalue weighted by molar-refractivity contribution is 5.52. The van der Waals surface area contributed by atoms with Gasteiger partial charge in [-0.2, -0.15) is 0 Å². The minimum Gasteiger partial charge on any atom is -0.508 e. The van der Waals surface area contributed by atoms with Crippen molar-refractivity contribution in [2.75, 3.05) is 32.2 Å². The van der Waals surface area contributed by atoms with Crippen LogP contribution in [0.3, 0.4) is 0 Å². The molecule has 0 aromatic heterocycles. The summed E-state index contributed by atoms with van der Waals surface area (Å²) in [5.41, 5.74) is 6.68. The molecule has 1 heterocycles. The Kier molecular flexibility index (Phi) is 7.40. The van der Waals surface area contributed by atoms with Gasteiger partial charge >= 0.3 is 0 Å². The van der Waals surface area contributed by atoms with Gasteiger partial charge in [0.2, 0.25) is 0 Å². The van der Waals surface area contributed by atoms with Crippen LogP contribution in [0.1, 0.15) is 59.8 Å². The van der Waals surface area contributed by atoms with E-state index in [4.69, 9.17) is 9.47 Å². The first-order chi connectivity index (χ1) is 17.2. The van der Waals surface area contributed by atoms with Crippen molar-refractivity contribution < 1.29 is 14.6 Å². The van der Waals surface area contributed by atoms with Crippen molar-refractivity contribution in [1.29, 1.82) is 0 Å². The molecule has 0 saturated carbocycles. The predicted octanol–water partition coefficient (Wildman–Crippen LogP) is 6.48. The van der Waals surface area contributed by atoms with Crippen molar-refractivity contribution in [1.82, 2.24) is 0 Å². The Bertz CT molecular complexity index is 1090. The van der Waals surface area contributed by atoms with Crippen LogP contribution in [-0.2, 0) is 15.9 Å². The molecule has 3 aromatic rings. The van der Waals surface area contributed by atoms with E-state index in [0.717, 1.165) is 32.4 Å². The topological polar surface area (TPSA) is 41.9 Å². The van der Waals surface area contributed by atoms with Crippen molar-refractivity contribution >= 4 is 5.69 Å². The predicted molar refractivity (Wildman–Crippen MR) is 141 cm³/mol. The summed E-state index contributed by atoms with van der Waals surface area (Å²) in [5, 5.41) is 10.1. The third kappa shape index (κ3) is 5.24. The van der Waals surface area contributed by atoms with Gasteiger partial charge in [-0.05, 0) is 84.0 Å². The zero-order valence-corrected chi connectivity index (χ0v) is 20.9. The molecule has 4 heteroatoms. The number of phenolic OH excluding ortho intramolecular Hbond substituents is 1. The Balaban J connectivity index is 1.35. The number of piperidine rings is 1. The summed E-state index contributed by atoms with van der Waals surface area (Å²) in [6.07, 6.45) is 5.30. The summed E-state index contributed by atoms with van der Waals surface area (Å²) in [7, 11) is 3.45. The highest BCUT2D eigenvalue weighted by Gasteiger charge is 2.32. The lowest BCUT2D eigenvalue weighted by atomic mass is 9.69. The zero-order chi connectivity index (χ0) is 24.2. The normalized spacial score (nSPS) is 20.7. The number of phenols is 1. The molecule has 1 aliphatic heterocycles. The Morgan fingerprint density at radius 1 is 0.857 bits per heavy atom. The van der Waals surface area contributed by atoms with Crippen LogP contribution in [0.5, 0.6) is 5.75 Å². The van der Waals surface area contributed by atoms with Gasteiger partial charge in [-0.15, -0.1) is 0 Å². The molecule has 184 valence electrons. The molecule has 0 spiro atoms. The fourth-order valence-corrected chi connectivity index (χ4v) is 6.16.